The summed E-state index contributed by atoms with van der Waals surface area (Å²) in [5.74, 6) is -4.73. The molecule has 0 aliphatic carbocycles. The van der Waals surface area contributed by atoms with Crippen LogP contribution >= 0.6 is 34.8 Å². The van der Waals surface area contributed by atoms with Crippen molar-refractivity contribution in [1.82, 2.24) is 10.2 Å². The maximum Gasteiger partial charge on any atom is 0.290 e. The van der Waals surface area contributed by atoms with Gasteiger partial charge >= 0.3 is 0 Å². The van der Waals surface area contributed by atoms with Crippen molar-refractivity contribution in [2.24, 2.45) is 0 Å². The number of alkyl halides is 2. The summed E-state index contributed by atoms with van der Waals surface area (Å²) < 4.78 is 30.6. The molecule has 1 atom stereocenters. The van der Waals surface area contributed by atoms with Gasteiger partial charge in [-0.15, -0.1) is 0 Å². The first kappa shape index (κ1) is 23.8. The Bertz CT molecular complexity index is 1070. The molecule has 1 aliphatic rings. The standard InChI is InChI=1S/C22H21Cl3F2N2O2/c1-11-7-12(23)5-6-15(11)22(26,27)10-29-18(19(30)28-21(2,3)4)13-8-16(24)17(25)9-14(13)20(29)31/h5-9,18H,10H2,1-4H3,(H,28,30). The summed E-state index contributed by atoms with van der Waals surface area (Å²) in [6.45, 7) is 5.79. The summed E-state index contributed by atoms with van der Waals surface area (Å²) in [6, 6.07) is 5.44. The molecular formula is C22H21Cl3F2N2O2. The van der Waals surface area contributed by atoms with Crippen molar-refractivity contribution in [2.45, 2.75) is 45.2 Å². The van der Waals surface area contributed by atoms with Gasteiger partial charge in [0.25, 0.3) is 11.8 Å². The number of halogens is 5. The van der Waals surface area contributed by atoms with E-state index in [1.165, 1.54) is 37.3 Å². The number of carbonyl (C=O) groups excluding carboxylic acids is 2. The van der Waals surface area contributed by atoms with Crippen molar-refractivity contribution in [3.63, 3.8) is 0 Å². The van der Waals surface area contributed by atoms with E-state index in [1.807, 2.05) is 0 Å². The van der Waals surface area contributed by atoms with Crippen molar-refractivity contribution >= 4 is 46.6 Å². The quantitative estimate of drug-likeness (QED) is 0.559. The molecule has 9 heteroatoms. The maximum absolute atomic E-state index is 15.3. The summed E-state index contributed by atoms with van der Waals surface area (Å²) in [7, 11) is 0. The molecule has 166 valence electrons. The second kappa shape index (κ2) is 8.23. The van der Waals surface area contributed by atoms with Crippen LogP contribution in [0.1, 0.15) is 53.9 Å². The first-order chi connectivity index (χ1) is 14.2. The maximum atomic E-state index is 15.3. The molecule has 31 heavy (non-hydrogen) atoms. The lowest BCUT2D eigenvalue weighted by Gasteiger charge is -2.31. The zero-order valence-corrected chi connectivity index (χ0v) is 19.6. The molecule has 0 fully saturated rings. The van der Waals surface area contributed by atoms with Crippen LogP contribution in [0, 0.1) is 6.92 Å². The van der Waals surface area contributed by atoms with E-state index in [0.717, 1.165) is 4.90 Å². The number of benzene rings is 2. The summed E-state index contributed by atoms with van der Waals surface area (Å²) in [6.07, 6.45) is 0. The van der Waals surface area contributed by atoms with Crippen LogP contribution in [0.15, 0.2) is 30.3 Å². The Balaban J connectivity index is 2.06. The normalized spacial score (nSPS) is 16.5. The fourth-order valence-electron chi connectivity index (χ4n) is 3.63. The molecule has 3 rings (SSSR count). The molecule has 1 N–H and O–H groups in total. The van der Waals surface area contributed by atoms with E-state index in [1.54, 1.807) is 20.8 Å². The number of hydrogen-bond donors (Lipinski definition) is 1. The number of fused-ring (bicyclic) bond motifs is 1. The third-order valence-electron chi connectivity index (χ3n) is 4.89. The lowest BCUT2D eigenvalue weighted by atomic mass is 10.0. The molecule has 2 amide bonds. The molecule has 4 nitrogen and oxygen atoms in total. The van der Waals surface area contributed by atoms with Gasteiger partial charge in [0.05, 0.1) is 16.6 Å². The molecule has 0 saturated carbocycles. The van der Waals surface area contributed by atoms with Crippen LogP contribution in [0.2, 0.25) is 15.1 Å². The molecule has 0 aromatic heterocycles. The fraction of sp³-hybridized carbons (Fsp3) is 0.364. The Kier molecular flexibility index (Phi) is 6.31. The van der Waals surface area contributed by atoms with Crippen LogP contribution in [-0.4, -0.2) is 28.8 Å². The topological polar surface area (TPSA) is 49.4 Å². The zero-order chi connectivity index (χ0) is 23.3. The molecule has 1 aliphatic heterocycles. The Morgan fingerprint density at radius 3 is 2.29 bits per heavy atom. The number of aryl methyl sites for hydroxylation is 1. The van der Waals surface area contributed by atoms with E-state index < -0.39 is 35.9 Å². The van der Waals surface area contributed by atoms with Gasteiger partial charge < -0.3 is 10.2 Å². The number of nitrogens with zero attached hydrogens (tertiary/aromatic N) is 1. The molecule has 0 spiro atoms. The predicted molar refractivity (Wildman–Crippen MR) is 118 cm³/mol. The third kappa shape index (κ3) is 4.81. The lowest BCUT2D eigenvalue weighted by molar-refractivity contribution is -0.128. The largest absolute Gasteiger partial charge is 0.349 e. The minimum Gasteiger partial charge on any atom is -0.349 e. The second-order valence-corrected chi connectivity index (χ2v) is 9.84. The molecule has 1 unspecified atom stereocenters. The second-order valence-electron chi connectivity index (χ2n) is 8.59. The van der Waals surface area contributed by atoms with Gasteiger partial charge in [-0.1, -0.05) is 40.9 Å². The number of rotatable bonds is 4. The number of hydrogen-bond acceptors (Lipinski definition) is 2. The fourth-order valence-corrected chi connectivity index (χ4v) is 4.20. The predicted octanol–water partition coefficient (Wildman–Crippen LogP) is 6.16. The highest BCUT2D eigenvalue weighted by Crippen LogP contribution is 2.42. The number of amides is 2. The van der Waals surface area contributed by atoms with Gasteiger partial charge in [-0.3, -0.25) is 9.59 Å². The van der Waals surface area contributed by atoms with Crippen LogP contribution in [-0.2, 0) is 10.7 Å². The Hall–Kier alpha value is -1.89. The van der Waals surface area contributed by atoms with Gasteiger partial charge in [0, 0.05) is 21.7 Å². The highest BCUT2D eigenvalue weighted by molar-refractivity contribution is 6.42. The molecular weight excluding hydrogens is 469 g/mol. The van der Waals surface area contributed by atoms with Crippen LogP contribution in [0.5, 0.6) is 0 Å². The highest BCUT2D eigenvalue weighted by atomic mass is 35.5. The van der Waals surface area contributed by atoms with Crippen molar-refractivity contribution in [1.29, 1.82) is 0 Å². The molecule has 2 aromatic rings. The van der Waals surface area contributed by atoms with E-state index in [-0.39, 0.29) is 32.3 Å². The average molecular weight is 490 g/mol. The van der Waals surface area contributed by atoms with Crippen molar-refractivity contribution in [2.75, 3.05) is 6.54 Å². The first-order valence-electron chi connectivity index (χ1n) is 9.47. The SMILES string of the molecule is Cc1cc(Cl)ccc1C(F)(F)CN1C(=O)c2cc(Cl)c(Cl)cc2C1C(=O)NC(C)(C)C. The van der Waals surface area contributed by atoms with Crippen LogP contribution in [0.4, 0.5) is 8.78 Å². The molecule has 0 bridgehead atoms. The van der Waals surface area contributed by atoms with Gasteiger partial charge in [0.2, 0.25) is 5.91 Å². The number of carbonyl (C=O) groups is 2. The van der Waals surface area contributed by atoms with Gasteiger partial charge in [0.15, 0.2) is 0 Å². The molecule has 1 heterocycles. The summed E-state index contributed by atoms with van der Waals surface area (Å²) in [5.41, 5.74) is -0.313. The van der Waals surface area contributed by atoms with E-state index in [0.29, 0.717) is 5.02 Å². The first-order valence-corrected chi connectivity index (χ1v) is 10.6. The van der Waals surface area contributed by atoms with Crippen molar-refractivity contribution in [3.05, 3.63) is 67.7 Å². The monoisotopic (exact) mass is 488 g/mol. The molecule has 0 saturated heterocycles. The molecule has 2 aromatic carbocycles. The van der Waals surface area contributed by atoms with E-state index in [4.69, 9.17) is 34.8 Å². The minimum atomic E-state index is -3.43. The Morgan fingerprint density at radius 2 is 1.71 bits per heavy atom. The lowest BCUT2D eigenvalue weighted by Crippen LogP contribution is -2.48. The van der Waals surface area contributed by atoms with Crippen LogP contribution < -0.4 is 5.32 Å². The smallest absolute Gasteiger partial charge is 0.290 e. The van der Waals surface area contributed by atoms with Gasteiger partial charge in [-0.05, 0) is 63.1 Å². The van der Waals surface area contributed by atoms with Crippen molar-refractivity contribution in [3.8, 4) is 0 Å². The van der Waals surface area contributed by atoms with Gasteiger partial charge in [-0.2, -0.15) is 8.78 Å². The minimum absolute atomic E-state index is 0.0760. The van der Waals surface area contributed by atoms with E-state index in [2.05, 4.69) is 5.32 Å². The van der Waals surface area contributed by atoms with Crippen LogP contribution in [0.25, 0.3) is 0 Å². The highest BCUT2D eigenvalue weighted by Gasteiger charge is 2.47. The summed E-state index contributed by atoms with van der Waals surface area (Å²) in [4.78, 5) is 27.0. The zero-order valence-electron chi connectivity index (χ0n) is 17.3. The van der Waals surface area contributed by atoms with Crippen LogP contribution in [0.3, 0.4) is 0 Å². The van der Waals surface area contributed by atoms with E-state index >= 15 is 8.78 Å². The summed E-state index contributed by atoms with van der Waals surface area (Å²) in [5, 5.41) is 3.32. The Labute approximate surface area is 194 Å². The van der Waals surface area contributed by atoms with Gasteiger partial charge in [-0.25, -0.2) is 0 Å². The summed E-state index contributed by atoms with van der Waals surface area (Å²) >= 11 is 18.0. The van der Waals surface area contributed by atoms with E-state index in [9.17, 15) is 9.59 Å². The Morgan fingerprint density at radius 1 is 1.10 bits per heavy atom. The third-order valence-corrected chi connectivity index (χ3v) is 5.85. The average Bonchev–Trinajstić information content (AvgIpc) is 2.85. The van der Waals surface area contributed by atoms with Gasteiger partial charge in [0.1, 0.15) is 6.04 Å². The molecule has 0 radical (unpaired) electrons. The number of nitrogens with one attached hydrogen (secondary N) is 1. The van der Waals surface area contributed by atoms with Crippen molar-refractivity contribution < 1.29 is 18.4 Å².